The van der Waals surface area contributed by atoms with Crippen molar-refractivity contribution >= 4 is 21.2 Å². The van der Waals surface area contributed by atoms with E-state index in [0.29, 0.717) is 18.4 Å². The largest absolute Gasteiger partial charge is 0.302 e. The monoisotopic (exact) mass is 290 g/mol. The van der Waals surface area contributed by atoms with Gasteiger partial charge in [0.25, 0.3) is 10.1 Å². The average Bonchev–Trinajstić information content (AvgIpc) is 2.28. The fourth-order valence-corrected chi connectivity index (χ4v) is 2.78. The average molecular weight is 290 g/mol. The van der Waals surface area contributed by atoms with Gasteiger partial charge >= 0.3 is 0 Å². The molecule has 0 saturated heterocycles. The topological polar surface area (TPSA) is 91.7 Å². The molecule has 0 amide bonds. The molecule has 0 fully saturated rings. The Bertz CT molecular complexity index is 563. The summed E-state index contributed by atoms with van der Waals surface area (Å²) in [5, 5.41) is 0. The van der Waals surface area contributed by atoms with Crippen LogP contribution in [0.15, 0.2) is 40.6 Å². The molecule has 0 spiro atoms. The summed E-state index contributed by atoms with van der Waals surface area (Å²) in [6.07, 6.45) is 3.57. The Hall–Kier alpha value is -1.02. The van der Waals surface area contributed by atoms with Crippen molar-refractivity contribution in [3.63, 3.8) is 0 Å². The number of aryl methyl sites for hydroxylation is 1. The Labute approximate surface area is 109 Å². The van der Waals surface area contributed by atoms with Crippen LogP contribution >= 0.6 is 0 Å². The quantitative estimate of drug-likeness (QED) is 0.362. The minimum atomic E-state index is -4.40. The number of unbranched alkanes of at least 4 members (excludes halogenated alkanes) is 1. The molecule has 7 heteroatoms. The second-order valence-corrected chi connectivity index (χ2v) is 6.03. The van der Waals surface area contributed by atoms with Gasteiger partial charge in [0.05, 0.1) is 9.79 Å². The number of allylic oxidation sites excluding steroid dienone is 1. The van der Waals surface area contributed by atoms with Crippen LogP contribution in [-0.4, -0.2) is 21.7 Å². The van der Waals surface area contributed by atoms with Crippen LogP contribution in [0.25, 0.3) is 0 Å². The first-order valence-electron chi connectivity index (χ1n) is 5.18. The lowest BCUT2D eigenvalue weighted by atomic mass is 10.1. The first-order chi connectivity index (χ1) is 8.36. The normalized spacial score (nSPS) is 13.2. The van der Waals surface area contributed by atoms with Gasteiger partial charge in [-0.05, 0) is 37.0 Å². The summed E-state index contributed by atoms with van der Waals surface area (Å²) in [4.78, 5) is -0.374. The summed E-state index contributed by atoms with van der Waals surface area (Å²) in [6.45, 7) is 3.56. The molecule has 0 aliphatic carbocycles. The minimum absolute atomic E-state index is 0.0601. The van der Waals surface area contributed by atoms with Crippen LogP contribution in [0.4, 0.5) is 0 Å². The molecule has 0 aliphatic rings. The van der Waals surface area contributed by atoms with Crippen molar-refractivity contribution in [1.82, 2.24) is 0 Å². The van der Waals surface area contributed by atoms with Gasteiger partial charge < -0.3 is 4.55 Å². The van der Waals surface area contributed by atoms with E-state index in [0.717, 1.165) is 12.5 Å². The van der Waals surface area contributed by atoms with Gasteiger partial charge in [-0.25, -0.2) is 4.21 Å². The summed E-state index contributed by atoms with van der Waals surface area (Å²) in [7, 11) is -4.40. The van der Waals surface area contributed by atoms with Crippen molar-refractivity contribution in [2.24, 2.45) is 0 Å². The molecule has 5 nitrogen and oxygen atoms in total. The molecule has 1 aromatic rings. The van der Waals surface area contributed by atoms with Gasteiger partial charge in [-0.15, -0.1) is 6.58 Å². The molecule has 1 unspecified atom stereocenters. The van der Waals surface area contributed by atoms with E-state index in [1.165, 1.54) is 12.1 Å². The lowest BCUT2D eigenvalue weighted by Gasteiger charge is -2.07. The van der Waals surface area contributed by atoms with Crippen molar-refractivity contribution < 1.29 is 21.7 Å². The summed E-state index contributed by atoms with van der Waals surface area (Å²) in [6, 6.07) is 3.83. The van der Waals surface area contributed by atoms with Crippen LogP contribution in [0.2, 0.25) is 0 Å². The van der Waals surface area contributed by atoms with Crippen molar-refractivity contribution in [3.05, 3.63) is 36.4 Å². The number of rotatable bonds is 6. The summed E-state index contributed by atoms with van der Waals surface area (Å²) in [5.74, 6) is 0. The maximum absolute atomic E-state index is 11.2. The molecule has 2 N–H and O–H groups in total. The fraction of sp³-hybridized carbons (Fsp3) is 0.273. The predicted octanol–water partition coefficient (Wildman–Crippen LogP) is 2.02. The molecule has 0 bridgehead atoms. The molecular formula is C11H14O5S2. The van der Waals surface area contributed by atoms with Crippen LogP contribution in [-0.2, 0) is 27.6 Å². The Morgan fingerprint density at radius 1 is 1.39 bits per heavy atom. The maximum Gasteiger partial charge on any atom is 0.294 e. The predicted molar refractivity (Wildman–Crippen MR) is 68.4 cm³/mol. The first kappa shape index (κ1) is 15.0. The fourth-order valence-electron chi connectivity index (χ4n) is 1.53. The molecule has 100 valence electrons. The standard InChI is InChI=1S/C11H14O5S2/c1-2-3-4-5-9-6-7-10(17(12)13)8-11(9)18(14,15)16/h2,6-8H,1,3-5H2,(H,12,13)(H,14,15,16). The van der Waals surface area contributed by atoms with E-state index in [4.69, 9.17) is 9.11 Å². The van der Waals surface area contributed by atoms with Crippen LogP contribution in [0.1, 0.15) is 18.4 Å². The van der Waals surface area contributed by atoms with E-state index in [-0.39, 0.29) is 9.79 Å². The third kappa shape index (κ3) is 4.02. The smallest absolute Gasteiger partial charge is 0.294 e. The highest BCUT2D eigenvalue weighted by Crippen LogP contribution is 2.21. The third-order valence-corrected chi connectivity index (χ3v) is 3.97. The van der Waals surface area contributed by atoms with Gasteiger partial charge in [0, 0.05) is 0 Å². The van der Waals surface area contributed by atoms with E-state index in [1.807, 2.05) is 0 Å². The van der Waals surface area contributed by atoms with E-state index in [2.05, 4.69) is 6.58 Å². The summed E-state index contributed by atoms with van der Waals surface area (Å²) < 4.78 is 51.3. The van der Waals surface area contributed by atoms with Gasteiger partial charge in [-0.1, -0.05) is 12.1 Å². The molecule has 0 heterocycles. The van der Waals surface area contributed by atoms with E-state index in [1.54, 1.807) is 6.08 Å². The number of hydrogen-bond donors (Lipinski definition) is 2. The second kappa shape index (κ2) is 6.24. The molecule has 1 atom stereocenters. The van der Waals surface area contributed by atoms with E-state index in [9.17, 15) is 12.6 Å². The van der Waals surface area contributed by atoms with Gasteiger partial charge in [0.15, 0.2) is 11.1 Å². The molecule has 0 aliphatic heterocycles. The van der Waals surface area contributed by atoms with Gasteiger partial charge in [0.2, 0.25) is 0 Å². The second-order valence-electron chi connectivity index (χ2n) is 3.67. The van der Waals surface area contributed by atoms with E-state index < -0.39 is 21.2 Å². The zero-order valence-electron chi connectivity index (χ0n) is 9.57. The number of hydrogen-bond acceptors (Lipinski definition) is 3. The molecule has 1 rings (SSSR count). The number of benzene rings is 1. The van der Waals surface area contributed by atoms with Crippen molar-refractivity contribution in [2.75, 3.05) is 0 Å². The highest BCUT2D eigenvalue weighted by Gasteiger charge is 2.17. The molecule has 0 radical (unpaired) electrons. The van der Waals surface area contributed by atoms with Gasteiger partial charge in [-0.2, -0.15) is 8.42 Å². The molecule has 0 saturated carbocycles. The third-order valence-electron chi connectivity index (χ3n) is 2.37. The molecule has 0 aromatic heterocycles. The highest BCUT2D eigenvalue weighted by molar-refractivity contribution is 7.86. The molecular weight excluding hydrogens is 276 g/mol. The van der Waals surface area contributed by atoms with Crippen molar-refractivity contribution in [1.29, 1.82) is 0 Å². The van der Waals surface area contributed by atoms with Gasteiger partial charge in [0.1, 0.15) is 0 Å². The Kier molecular flexibility index (Phi) is 5.21. The van der Waals surface area contributed by atoms with Crippen LogP contribution in [0.3, 0.4) is 0 Å². The lowest BCUT2D eigenvalue weighted by molar-refractivity contribution is 0.481. The zero-order chi connectivity index (χ0) is 13.8. The molecule has 1 aromatic carbocycles. The zero-order valence-corrected chi connectivity index (χ0v) is 11.2. The van der Waals surface area contributed by atoms with Crippen LogP contribution in [0, 0.1) is 0 Å². The Morgan fingerprint density at radius 3 is 2.56 bits per heavy atom. The van der Waals surface area contributed by atoms with Gasteiger partial charge in [-0.3, -0.25) is 4.55 Å². The molecule has 18 heavy (non-hydrogen) atoms. The Morgan fingerprint density at radius 2 is 2.06 bits per heavy atom. The maximum atomic E-state index is 11.2. The SMILES string of the molecule is C=CCCCc1ccc(S(=O)O)cc1S(=O)(=O)O. The first-order valence-corrected chi connectivity index (χ1v) is 7.73. The minimum Gasteiger partial charge on any atom is -0.302 e. The van der Waals surface area contributed by atoms with Crippen molar-refractivity contribution in [2.45, 2.75) is 29.1 Å². The Balaban J connectivity index is 3.17. The van der Waals surface area contributed by atoms with E-state index >= 15 is 0 Å². The highest BCUT2D eigenvalue weighted by atomic mass is 32.2. The lowest BCUT2D eigenvalue weighted by Crippen LogP contribution is -2.05. The van der Waals surface area contributed by atoms with Crippen molar-refractivity contribution in [3.8, 4) is 0 Å². The summed E-state index contributed by atoms with van der Waals surface area (Å²) in [5.41, 5.74) is 0.425. The van der Waals surface area contributed by atoms with Crippen LogP contribution < -0.4 is 0 Å². The summed E-state index contributed by atoms with van der Waals surface area (Å²) >= 11 is -2.28. The van der Waals surface area contributed by atoms with Crippen LogP contribution in [0.5, 0.6) is 0 Å².